The van der Waals surface area contributed by atoms with E-state index in [2.05, 4.69) is 22.4 Å². The van der Waals surface area contributed by atoms with Gasteiger partial charge in [-0.3, -0.25) is 9.59 Å². The summed E-state index contributed by atoms with van der Waals surface area (Å²) >= 11 is 2.63. The van der Waals surface area contributed by atoms with Gasteiger partial charge in [0.2, 0.25) is 5.91 Å². The molecule has 0 unspecified atom stereocenters. The van der Waals surface area contributed by atoms with Gasteiger partial charge in [0.15, 0.2) is 6.04 Å². The predicted molar refractivity (Wildman–Crippen MR) is 104 cm³/mol. The number of nitrogens with two attached hydrogens (primary N) is 1. The third kappa shape index (κ3) is 4.33. The van der Waals surface area contributed by atoms with Gasteiger partial charge in [-0.2, -0.15) is 0 Å². The van der Waals surface area contributed by atoms with E-state index in [1.54, 1.807) is 0 Å². The Morgan fingerprint density at radius 1 is 1.37 bits per heavy atom. The molecule has 1 aliphatic carbocycles. The molecule has 1 atom stereocenters. The number of aryl methyl sites for hydroxylation is 1. The Balaban J connectivity index is 1.61. The molecule has 8 nitrogen and oxygen atoms in total. The van der Waals surface area contributed by atoms with Crippen molar-refractivity contribution in [3.8, 4) is 0 Å². The lowest BCUT2D eigenvalue weighted by atomic mass is 10.1. The molecule has 3 rings (SSSR count). The van der Waals surface area contributed by atoms with Crippen LogP contribution in [0.4, 0.5) is 5.00 Å². The highest BCUT2D eigenvalue weighted by Crippen LogP contribution is 2.38. The minimum Gasteiger partial charge on any atom is -0.410 e. The molecule has 0 spiro atoms. The third-order valence-electron chi connectivity index (χ3n) is 4.57. The number of nitrogens with one attached hydrogen (secondary N) is 2. The van der Waals surface area contributed by atoms with E-state index in [4.69, 9.17) is 10.2 Å². The molecule has 27 heavy (non-hydrogen) atoms. The van der Waals surface area contributed by atoms with E-state index in [-0.39, 0.29) is 17.7 Å². The number of nitrogens with zero attached hydrogens (tertiary/aromatic N) is 2. The van der Waals surface area contributed by atoms with Crippen molar-refractivity contribution in [3.05, 3.63) is 21.9 Å². The maximum Gasteiger partial charge on any atom is 0.277 e. The summed E-state index contributed by atoms with van der Waals surface area (Å²) in [5.41, 5.74) is 6.98. The number of thiophene rings is 1. The van der Waals surface area contributed by atoms with Crippen LogP contribution in [0.25, 0.3) is 0 Å². The van der Waals surface area contributed by atoms with Crippen molar-refractivity contribution in [2.45, 2.75) is 43.9 Å². The third-order valence-corrected chi connectivity index (χ3v) is 6.60. The highest BCUT2D eigenvalue weighted by atomic mass is 32.2. The van der Waals surface area contributed by atoms with Gasteiger partial charge in [-0.25, -0.2) is 0 Å². The van der Waals surface area contributed by atoms with Gasteiger partial charge in [0.1, 0.15) is 5.00 Å². The Morgan fingerprint density at radius 2 is 2.15 bits per heavy atom. The van der Waals surface area contributed by atoms with Crippen LogP contribution in [0.1, 0.15) is 52.5 Å². The fraction of sp³-hybridized carbons (Fsp3) is 0.529. The fourth-order valence-corrected chi connectivity index (χ4v) is 5.17. The number of hydrogen-bond donors (Lipinski definition) is 3. The van der Waals surface area contributed by atoms with Crippen molar-refractivity contribution in [1.29, 1.82) is 0 Å². The molecule has 10 heteroatoms. The zero-order valence-corrected chi connectivity index (χ0v) is 17.3. The zero-order valence-electron chi connectivity index (χ0n) is 15.6. The van der Waals surface area contributed by atoms with Crippen molar-refractivity contribution in [2.75, 3.05) is 25.2 Å². The lowest BCUT2D eigenvalue weighted by Gasteiger charge is -2.15. The van der Waals surface area contributed by atoms with Gasteiger partial charge in [-0.1, -0.05) is 18.7 Å². The molecule has 0 aromatic carbocycles. The summed E-state index contributed by atoms with van der Waals surface area (Å²) < 4.78 is 5.68. The number of hydrogen-bond acceptors (Lipinski definition) is 7. The zero-order chi connectivity index (χ0) is 19.6. The highest BCUT2D eigenvalue weighted by molar-refractivity contribution is 7.99. The maximum absolute atomic E-state index is 12.3. The van der Waals surface area contributed by atoms with Crippen LogP contribution in [-0.4, -0.2) is 41.9 Å². The molecule has 146 valence electrons. The van der Waals surface area contributed by atoms with Gasteiger partial charge in [0.05, 0.1) is 25.4 Å². The van der Waals surface area contributed by atoms with E-state index < -0.39 is 5.91 Å². The summed E-state index contributed by atoms with van der Waals surface area (Å²) in [6.45, 7) is 2.07. The first-order valence-electron chi connectivity index (χ1n) is 8.91. The van der Waals surface area contributed by atoms with E-state index >= 15 is 0 Å². The topological polar surface area (TPSA) is 116 Å². The summed E-state index contributed by atoms with van der Waals surface area (Å²) in [5.74, 6) is -0.0252. The quantitative estimate of drug-likeness (QED) is 0.560. The van der Waals surface area contributed by atoms with Gasteiger partial charge < -0.3 is 20.4 Å². The van der Waals surface area contributed by atoms with Crippen molar-refractivity contribution in [3.63, 3.8) is 0 Å². The first-order valence-corrected chi connectivity index (χ1v) is 10.7. The molecule has 0 saturated carbocycles. The summed E-state index contributed by atoms with van der Waals surface area (Å²) in [6, 6.07) is 0.132. The number of quaternary nitrogens is 1. The SMILES string of the molecule is CC[C@H](c1nnc(SCC(=O)Nc2sc3c(c2C(N)=O)CCC3)o1)[NH+](C)C. The smallest absolute Gasteiger partial charge is 0.277 e. The minimum absolute atomic E-state index is 0.119. The molecule has 0 saturated heterocycles. The average molecular weight is 411 g/mol. The maximum atomic E-state index is 12.3. The van der Waals surface area contributed by atoms with Crippen LogP contribution < -0.4 is 16.0 Å². The standard InChI is InChI=1S/C17H23N5O3S2/c1-4-10(22(2)3)15-20-21-17(25-15)26-8-12(23)19-16-13(14(18)24)9-6-5-7-11(9)27-16/h10H,4-8H2,1-3H3,(H2,18,24)(H,19,23)/p+1/t10-/m1/s1. The Bertz CT molecular complexity index is 846. The molecular formula is C17H24N5O3S2+. The first-order chi connectivity index (χ1) is 12.9. The summed E-state index contributed by atoms with van der Waals surface area (Å²) in [6.07, 6.45) is 3.68. The number of fused-ring (bicyclic) bond motifs is 1. The van der Waals surface area contributed by atoms with Crippen molar-refractivity contribution < 1.29 is 18.9 Å². The number of aromatic nitrogens is 2. The van der Waals surface area contributed by atoms with Crippen LogP contribution in [0, 0.1) is 0 Å². The second kappa shape index (κ2) is 8.41. The average Bonchev–Trinajstić information content (AvgIpc) is 3.28. The summed E-state index contributed by atoms with van der Waals surface area (Å²) in [4.78, 5) is 26.5. The van der Waals surface area contributed by atoms with Crippen LogP contribution in [0.3, 0.4) is 0 Å². The molecule has 1 aliphatic rings. The predicted octanol–water partition coefficient (Wildman–Crippen LogP) is 1.05. The number of thioether (sulfide) groups is 1. The van der Waals surface area contributed by atoms with Crippen molar-refractivity contribution >= 4 is 39.9 Å². The minimum atomic E-state index is -0.490. The molecule has 2 aromatic rings. The Morgan fingerprint density at radius 3 is 2.81 bits per heavy atom. The highest BCUT2D eigenvalue weighted by Gasteiger charge is 2.26. The molecule has 4 N–H and O–H groups in total. The van der Waals surface area contributed by atoms with Gasteiger partial charge in [0.25, 0.3) is 17.0 Å². The Kier molecular flexibility index (Phi) is 6.18. The molecular weight excluding hydrogens is 386 g/mol. The normalized spacial score (nSPS) is 14.4. The molecule has 0 bridgehead atoms. The largest absolute Gasteiger partial charge is 0.410 e. The Hall–Kier alpha value is -1.91. The number of carbonyl (C=O) groups is 2. The van der Waals surface area contributed by atoms with E-state index in [1.165, 1.54) is 28.0 Å². The number of amides is 2. The summed E-state index contributed by atoms with van der Waals surface area (Å²) in [5, 5.41) is 11.8. The van der Waals surface area contributed by atoms with Crippen molar-refractivity contribution in [1.82, 2.24) is 10.2 Å². The van der Waals surface area contributed by atoms with E-state index in [1.807, 2.05) is 14.1 Å². The van der Waals surface area contributed by atoms with Gasteiger partial charge in [-0.15, -0.1) is 21.5 Å². The fourth-order valence-electron chi connectivity index (χ4n) is 3.29. The molecule has 2 amide bonds. The lowest BCUT2D eigenvalue weighted by molar-refractivity contribution is -0.894. The monoisotopic (exact) mass is 410 g/mol. The molecule has 0 fully saturated rings. The van der Waals surface area contributed by atoms with Gasteiger partial charge in [0, 0.05) is 11.3 Å². The van der Waals surface area contributed by atoms with Crippen LogP contribution >= 0.6 is 23.1 Å². The molecule has 2 aromatic heterocycles. The number of primary amides is 1. The van der Waals surface area contributed by atoms with Crippen LogP contribution in [0.2, 0.25) is 0 Å². The van der Waals surface area contributed by atoms with Gasteiger partial charge in [-0.05, 0) is 24.8 Å². The first kappa shape index (κ1) is 19.8. The number of rotatable bonds is 8. The Labute approximate surface area is 165 Å². The second-order valence-electron chi connectivity index (χ2n) is 6.71. The van der Waals surface area contributed by atoms with Gasteiger partial charge >= 0.3 is 0 Å². The van der Waals surface area contributed by atoms with E-state index in [0.29, 0.717) is 21.7 Å². The number of anilines is 1. The van der Waals surface area contributed by atoms with E-state index in [0.717, 1.165) is 36.1 Å². The van der Waals surface area contributed by atoms with Crippen LogP contribution in [-0.2, 0) is 17.6 Å². The summed E-state index contributed by atoms with van der Waals surface area (Å²) in [7, 11) is 4.07. The van der Waals surface area contributed by atoms with Crippen molar-refractivity contribution in [2.24, 2.45) is 5.73 Å². The van der Waals surface area contributed by atoms with E-state index in [9.17, 15) is 9.59 Å². The van der Waals surface area contributed by atoms with Crippen LogP contribution in [0.15, 0.2) is 9.64 Å². The number of carbonyl (C=O) groups excluding carboxylic acids is 2. The lowest BCUT2D eigenvalue weighted by Crippen LogP contribution is -3.06. The molecule has 0 radical (unpaired) electrons. The molecule has 0 aliphatic heterocycles. The second-order valence-corrected chi connectivity index (χ2v) is 8.74. The molecule has 2 heterocycles. The van der Waals surface area contributed by atoms with Crippen LogP contribution in [0.5, 0.6) is 0 Å².